The van der Waals surface area contributed by atoms with Crippen LogP contribution in [0.5, 0.6) is 0 Å². The van der Waals surface area contributed by atoms with Crippen molar-refractivity contribution in [2.45, 2.75) is 113 Å². The molecule has 2 bridgehead atoms. The molecular formula is C18H34O3S. The van der Waals surface area contributed by atoms with E-state index in [0.717, 1.165) is 32.1 Å². The minimum absolute atomic E-state index is 0.265. The molecule has 2 aliphatic rings. The summed E-state index contributed by atoms with van der Waals surface area (Å²) in [5, 5.41) is 10.3. The minimum Gasteiger partial charge on any atom is -0.390 e. The zero-order valence-electron chi connectivity index (χ0n) is 14.2. The molecule has 0 radical (unpaired) electrons. The quantitative estimate of drug-likeness (QED) is 0.638. The van der Waals surface area contributed by atoms with Crippen LogP contribution >= 0.6 is 0 Å². The third-order valence-corrected chi connectivity index (χ3v) is 8.36. The van der Waals surface area contributed by atoms with Crippen LogP contribution in [0.4, 0.5) is 0 Å². The Morgan fingerprint density at radius 1 is 0.909 bits per heavy atom. The van der Waals surface area contributed by atoms with Crippen LogP contribution in [0.2, 0.25) is 0 Å². The van der Waals surface area contributed by atoms with Gasteiger partial charge in [-0.05, 0) is 32.1 Å². The standard InChI is InChI=1S/C18H34O3S/c1-2-3-4-5-6-7-8-9-13-18(19)14-16-11-10-12-17(15-18)22(16,20)21/h16-17,19H,2-15H2,1H3. The summed E-state index contributed by atoms with van der Waals surface area (Å²) in [6.07, 6.45) is 14.4. The van der Waals surface area contributed by atoms with Crippen LogP contribution in [0.1, 0.15) is 96.8 Å². The van der Waals surface area contributed by atoms with Crippen molar-refractivity contribution < 1.29 is 13.5 Å². The van der Waals surface area contributed by atoms with Crippen LogP contribution in [-0.4, -0.2) is 29.6 Å². The first kappa shape index (κ1) is 18.3. The Labute approximate surface area is 136 Å². The van der Waals surface area contributed by atoms with Gasteiger partial charge in [-0.1, -0.05) is 64.7 Å². The molecule has 22 heavy (non-hydrogen) atoms. The molecule has 2 heterocycles. The molecule has 0 saturated carbocycles. The topological polar surface area (TPSA) is 54.4 Å². The molecule has 0 amide bonds. The molecule has 2 unspecified atom stereocenters. The van der Waals surface area contributed by atoms with E-state index < -0.39 is 15.4 Å². The average Bonchev–Trinajstić information content (AvgIpc) is 2.44. The zero-order chi connectivity index (χ0) is 16.1. The summed E-state index contributed by atoms with van der Waals surface area (Å²) in [5.74, 6) is 0. The Bertz CT molecular complexity index is 410. The molecule has 0 aromatic heterocycles. The van der Waals surface area contributed by atoms with Gasteiger partial charge in [0.1, 0.15) is 0 Å². The molecule has 2 atom stereocenters. The molecular weight excluding hydrogens is 296 g/mol. The number of sulfone groups is 1. The van der Waals surface area contributed by atoms with Gasteiger partial charge in [0, 0.05) is 0 Å². The lowest BCUT2D eigenvalue weighted by atomic mass is 9.82. The molecule has 1 N–H and O–H groups in total. The van der Waals surface area contributed by atoms with Crippen LogP contribution < -0.4 is 0 Å². The van der Waals surface area contributed by atoms with Gasteiger partial charge < -0.3 is 5.11 Å². The monoisotopic (exact) mass is 330 g/mol. The van der Waals surface area contributed by atoms with Crippen LogP contribution in [0, 0.1) is 0 Å². The van der Waals surface area contributed by atoms with Crippen molar-refractivity contribution in [3.63, 3.8) is 0 Å². The zero-order valence-corrected chi connectivity index (χ0v) is 15.0. The Hall–Kier alpha value is -0.0900. The molecule has 2 fully saturated rings. The summed E-state index contributed by atoms with van der Waals surface area (Å²) in [6.45, 7) is 2.24. The van der Waals surface area contributed by atoms with Crippen LogP contribution in [-0.2, 0) is 9.84 Å². The lowest BCUT2D eigenvalue weighted by Crippen LogP contribution is -2.51. The van der Waals surface area contributed by atoms with Crippen LogP contribution in [0.25, 0.3) is 0 Å². The smallest absolute Gasteiger partial charge is 0.156 e. The third-order valence-electron chi connectivity index (χ3n) is 5.69. The molecule has 2 saturated heterocycles. The highest BCUT2D eigenvalue weighted by Crippen LogP contribution is 2.43. The summed E-state index contributed by atoms with van der Waals surface area (Å²) in [7, 11) is -2.94. The van der Waals surface area contributed by atoms with Crippen LogP contribution in [0.3, 0.4) is 0 Å². The number of hydrogen-bond acceptors (Lipinski definition) is 3. The fourth-order valence-electron chi connectivity index (χ4n) is 4.33. The molecule has 0 aliphatic carbocycles. The lowest BCUT2D eigenvalue weighted by Gasteiger charge is -2.44. The fourth-order valence-corrected chi connectivity index (χ4v) is 6.95. The van der Waals surface area contributed by atoms with E-state index in [4.69, 9.17) is 0 Å². The van der Waals surface area contributed by atoms with Gasteiger partial charge in [0.25, 0.3) is 0 Å². The molecule has 2 aliphatic heterocycles. The van der Waals surface area contributed by atoms with Gasteiger partial charge in [0.05, 0.1) is 16.1 Å². The summed E-state index contributed by atoms with van der Waals surface area (Å²) in [5.41, 5.74) is -0.705. The molecule has 3 nitrogen and oxygen atoms in total. The van der Waals surface area contributed by atoms with Crippen molar-refractivity contribution in [3.8, 4) is 0 Å². The average molecular weight is 331 g/mol. The highest BCUT2D eigenvalue weighted by atomic mass is 32.2. The van der Waals surface area contributed by atoms with E-state index in [1.807, 2.05) is 0 Å². The normalized spacial score (nSPS) is 33.7. The molecule has 2 rings (SSSR count). The summed E-state index contributed by atoms with van der Waals surface area (Å²) >= 11 is 0. The van der Waals surface area contributed by atoms with E-state index >= 15 is 0 Å². The second-order valence-electron chi connectivity index (χ2n) is 7.62. The van der Waals surface area contributed by atoms with E-state index in [2.05, 4.69) is 6.92 Å². The van der Waals surface area contributed by atoms with E-state index in [1.54, 1.807) is 0 Å². The number of aliphatic hydroxyl groups is 1. The first-order valence-electron chi connectivity index (χ1n) is 9.43. The number of unbranched alkanes of at least 4 members (excludes halogenated alkanes) is 7. The van der Waals surface area contributed by atoms with Gasteiger partial charge in [0.15, 0.2) is 9.84 Å². The van der Waals surface area contributed by atoms with Crippen LogP contribution in [0.15, 0.2) is 0 Å². The predicted molar refractivity (Wildman–Crippen MR) is 91.8 cm³/mol. The second-order valence-corrected chi connectivity index (χ2v) is 10.1. The summed E-state index contributed by atoms with van der Waals surface area (Å²) < 4.78 is 24.5. The van der Waals surface area contributed by atoms with Gasteiger partial charge >= 0.3 is 0 Å². The number of fused-ring (bicyclic) bond motifs is 2. The first-order valence-corrected chi connectivity index (χ1v) is 11.0. The predicted octanol–water partition coefficient (Wildman–Crippen LogP) is 4.38. The SMILES string of the molecule is CCCCCCCCCCC1(O)CC2CCCC(C1)S2(=O)=O. The number of hydrogen-bond donors (Lipinski definition) is 1. The highest BCUT2D eigenvalue weighted by molar-refractivity contribution is 7.92. The van der Waals surface area contributed by atoms with Crippen molar-refractivity contribution in [2.24, 2.45) is 0 Å². The van der Waals surface area contributed by atoms with E-state index in [9.17, 15) is 13.5 Å². The Morgan fingerprint density at radius 3 is 1.95 bits per heavy atom. The minimum atomic E-state index is -2.94. The maximum Gasteiger partial charge on any atom is 0.156 e. The molecule has 4 heteroatoms. The van der Waals surface area contributed by atoms with Gasteiger partial charge in [-0.2, -0.15) is 0 Å². The molecule has 130 valence electrons. The van der Waals surface area contributed by atoms with Crippen molar-refractivity contribution in [3.05, 3.63) is 0 Å². The molecule has 0 aromatic rings. The van der Waals surface area contributed by atoms with Crippen molar-refractivity contribution in [2.75, 3.05) is 0 Å². The van der Waals surface area contributed by atoms with Crippen molar-refractivity contribution in [1.29, 1.82) is 0 Å². The van der Waals surface area contributed by atoms with Gasteiger partial charge in [-0.3, -0.25) is 0 Å². The number of rotatable bonds is 9. The van der Waals surface area contributed by atoms with E-state index in [1.165, 1.54) is 44.9 Å². The Balaban J connectivity index is 1.68. The maximum atomic E-state index is 12.3. The van der Waals surface area contributed by atoms with Gasteiger partial charge in [-0.25, -0.2) is 8.42 Å². The third kappa shape index (κ3) is 4.70. The molecule has 0 aromatic carbocycles. The summed E-state index contributed by atoms with van der Waals surface area (Å²) in [4.78, 5) is 0. The summed E-state index contributed by atoms with van der Waals surface area (Å²) in [6, 6.07) is 0. The van der Waals surface area contributed by atoms with Gasteiger partial charge in [-0.15, -0.1) is 0 Å². The van der Waals surface area contributed by atoms with Crippen molar-refractivity contribution >= 4 is 9.84 Å². The van der Waals surface area contributed by atoms with Gasteiger partial charge in [0.2, 0.25) is 0 Å². The fraction of sp³-hybridized carbons (Fsp3) is 1.00. The molecule has 0 spiro atoms. The largest absolute Gasteiger partial charge is 0.390 e. The maximum absolute atomic E-state index is 12.3. The lowest BCUT2D eigenvalue weighted by molar-refractivity contribution is -0.000551. The second kappa shape index (κ2) is 8.14. The van der Waals surface area contributed by atoms with E-state index in [-0.39, 0.29) is 10.5 Å². The highest BCUT2D eigenvalue weighted by Gasteiger charge is 2.49. The Kier molecular flexibility index (Phi) is 6.75. The van der Waals surface area contributed by atoms with E-state index in [0.29, 0.717) is 12.8 Å². The Morgan fingerprint density at radius 2 is 1.41 bits per heavy atom. The van der Waals surface area contributed by atoms with Crippen molar-refractivity contribution in [1.82, 2.24) is 0 Å². The first-order chi connectivity index (χ1) is 10.5.